The van der Waals surface area contributed by atoms with Crippen LogP contribution in [0.4, 0.5) is 0 Å². The molecule has 3 rings (SSSR count). The minimum absolute atomic E-state index is 0.505. The molecular weight excluding hydrogens is 270 g/mol. The van der Waals surface area contributed by atoms with E-state index in [-0.39, 0.29) is 0 Å². The van der Waals surface area contributed by atoms with Crippen molar-refractivity contribution >= 4 is 17.2 Å². The second-order valence-corrected chi connectivity index (χ2v) is 5.23. The molecule has 20 heavy (non-hydrogen) atoms. The summed E-state index contributed by atoms with van der Waals surface area (Å²) in [5, 5.41) is 10.0. The summed E-state index contributed by atoms with van der Waals surface area (Å²) in [5.41, 5.74) is 5.27. The molecule has 0 bridgehead atoms. The van der Waals surface area contributed by atoms with Crippen molar-refractivity contribution in [1.29, 1.82) is 5.26 Å². The minimum atomic E-state index is 0.505. The Kier molecular flexibility index (Phi) is 2.96. The third-order valence-electron chi connectivity index (χ3n) is 3.47. The van der Waals surface area contributed by atoms with E-state index in [0.29, 0.717) is 16.4 Å². The van der Waals surface area contributed by atoms with Gasteiger partial charge in [0.15, 0.2) is 5.69 Å². The summed E-state index contributed by atoms with van der Waals surface area (Å²) in [7, 11) is 0. The van der Waals surface area contributed by atoms with Crippen LogP contribution >= 0.6 is 11.6 Å². The van der Waals surface area contributed by atoms with Crippen LogP contribution in [0.15, 0.2) is 36.5 Å². The summed E-state index contributed by atoms with van der Waals surface area (Å²) in [6, 6.07) is 11.9. The highest BCUT2D eigenvalue weighted by Crippen LogP contribution is 2.26. The molecule has 0 aliphatic heterocycles. The number of pyridine rings is 1. The van der Waals surface area contributed by atoms with E-state index in [4.69, 9.17) is 11.6 Å². The summed E-state index contributed by atoms with van der Waals surface area (Å²) < 4.78 is 1.73. The number of imidazole rings is 1. The fourth-order valence-electron chi connectivity index (χ4n) is 2.22. The van der Waals surface area contributed by atoms with Crippen LogP contribution in [-0.4, -0.2) is 9.38 Å². The van der Waals surface area contributed by atoms with Gasteiger partial charge in [0.1, 0.15) is 17.4 Å². The van der Waals surface area contributed by atoms with Crippen molar-refractivity contribution in [3.8, 4) is 17.3 Å². The monoisotopic (exact) mass is 281 g/mol. The fraction of sp³-hybridized carbons (Fsp3) is 0.125. The van der Waals surface area contributed by atoms with Crippen molar-refractivity contribution in [3.63, 3.8) is 0 Å². The number of rotatable bonds is 1. The quantitative estimate of drug-likeness (QED) is 0.672. The molecular formula is C16H12ClN3. The van der Waals surface area contributed by atoms with Crippen LogP contribution in [0.2, 0.25) is 5.02 Å². The summed E-state index contributed by atoms with van der Waals surface area (Å²) in [6.07, 6.45) is 1.72. The molecule has 2 heterocycles. The second-order valence-electron chi connectivity index (χ2n) is 4.80. The predicted octanol–water partition coefficient (Wildman–Crippen LogP) is 4.14. The number of aryl methyl sites for hydroxylation is 2. The zero-order valence-corrected chi connectivity index (χ0v) is 11.9. The lowest BCUT2D eigenvalue weighted by Gasteiger charge is -2.03. The summed E-state index contributed by atoms with van der Waals surface area (Å²) in [5.74, 6) is 0. The van der Waals surface area contributed by atoms with Crippen LogP contribution in [0.5, 0.6) is 0 Å². The largest absolute Gasteiger partial charge is 0.289 e. The van der Waals surface area contributed by atoms with E-state index in [1.807, 2.05) is 18.2 Å². The number of halogens is 1. The third kappa shape index (κ3) is 1.95. The molecule has 0 N–H and O–H groups in total. The van der Waals surface area contributed by atoms with Crippen molar-refractivity contribution < 1.29 is 0 Å². The van der Waals surface area contributed by atoms with E-state index in [0.717, 1.165) is 11.2 Å². The van der Waals surface area contributed by atoms with Crippen molar-refractivity contribution in [3.05, 3.63) is 58.4 Å². The number of fused-ring (bicyclic) bond motifs is 1. The third-order valence-corrected chi connectivity index (χ3v) is 3.69. The van der Waals surface area contributed by atoms with Gasteiger partial charge in [-0.05, 0) is 43.2 Å². The molecule has 0 unspecified atom stereocenters. The Labute approximate surface area is 122 Å². The lowest BCUT2D eigenvalue weighted by atomic mass is 10.0. The van der Waals surface area contributed by atoms with Crippen LogP contribution in [-0.2, 0) is 0 Å². The van der Waals surface area contributed by atoms with E-state index in [2.05, 4.69) is 31.0 Å². The molecule has 98 valence electrons. The molecule has 0 spiro atoms. The van der Waals surface area contributed by atoms with Crippen molar-refractivity contribution in [1.82, 2.24) is 9.38 Å². The number of nitrogens with zero attached hydrogens (tertiary/aromatic N) is 3. The van der Waals surface area contributed by atoms with Gasteiger partial charge in [0.05, 0.1) is 5.02 Å². The standard InChI is InChI=1S/C16H12ClN3/c1-10-3-4-12(7-11(10)2)16-14(8-18)20-9-13(17)5-6-15(20)19-16/h3-7,9H,1-2H3. The molecule has 2 aromatic heterocycles. The smallest absolute Gasteiger partial charge is 0.152 e. The second kappa shape index (κ2) is 4.66. The van der Waals surface area contributed by atoms with Gasteiger partial charge in [-0.1, -0.05) is 23.7 Å². The van der Waals surface area contributed by atoms with Crippen LogP contribution in [0.3, 0.4) is 0 Å². The fourth-order valence-corrected chi connectivity index (χ4v) is 2.38. The first-order valence-electron chi connectivity index (χ1n) is 6.25. The first-order valence-corrected chi connectivity index (χ1v) is 6.63. The number of aromatic nitrogens is 2. The average molecular weight is 282 g/mol. The Morgan fingerprint density at radius 1 is 1.15 bits per heavy atom. The Hall–Kier alpha value is -2.31. The van der Waals surface area contributed by atoms with Gasteiger partial charge in [-0.25, -0.2) is 4.98 Å². The van der Waals surface area contributed by atoms with E-state index < -0.39 is 0 Å². The maximum absolute atomic E-state index is 9.43. The number of hydrogen-bond acceptors (Lipinski definition) is 2. The Bertz CT molecular complexity index is 856. The Morgan fingerprint density at radius 2 is 1.95 bits per heavy atom. The molecule has 0 amide bonds. The average Bonchev–Trinajstić information content (AvgIpc) is 2.79. The topological polar surface area (TPSA) is 41.1 Å². The van der Waals surface area contributed by atoms with Gasteiger partial charge in [0.25, 0.3) is 0 Å². The molecule has 4 heteroatoms. The number of hydrogen-bond donors (Lipinski definition) is 0. The van der Waals surface area contributed by atoms with Crippen molar-refractivity contribution in [2.45, 2.75) is 13.8 Å². The van der Waals surface area contributed by atoms with Crippen LogP contribution in [0.25, 0.3) is 16.9 Å². The lowest BCUT2D eigenvalue weighted by molar-refractivity contribution is 1.15. The normalized spacial score (nSPS) is 10.7. The molecule has 0 aliphatic carbocycles. The van der Waals surface area contributed by atoms with Crippen molar-refractivity contribution in [2.75, 3.05) is 0 Å². The SMILES string of the molecule is Cc1ccc(-c2nc3ccc(Cl)cn3c2C#N)cc1C. The number of benzene rings is 1. The molecule has 0 saturated heterocycles. The summed E-state index contributed by atoms with van der Waals surface area (Å²) in [6.45, 7) is 4.12. The molecule has 0 aliphatic rings. The number of nitriles is 1. The minimum Gasteiger partial charge on any atom is -0.289 e. The Balaban J connectivity index is 2.31. The molecule has 3 nitrogen and oxygen atoms in total. The highest BCUT2D eigenvalue weighted by Gasteiger charge is 2.14. The molecule has 0 fully saturated rings. The van der Waals surface area contributed by atoms with Crippen LogP contribution in [0.1, 0.15) is 16.8 Å². The van der Waals surface area contributed by atoms with Crippen LogP contribution < -0.4 is 0 Å². The zero-order chi connectivity index (χ0) is 14.3. The van der Waals surface area contributed by atoms with Crippen LogP contribution in [0, 0.1) is 25.2 Å². The molecule has 0 atom stereocenters. The molecule has 1 aromatic carbocycles. The van der Waals surface area contributed by atoms with Gasteiger partial charge in [-0.15, -0.1) is 0 Å². The first-order chi connectivity index (χ1) is 9.60. The highest BCUT2D eigenvalue weighted by atomic mass is 35.5. The van der Waals surface area contributed by atoms with Gasteiger partial charge < -0.3 is 0 Å². The summed E-state index contributed by atoms with van der Waals surface area (Å²) in [4.78, 5) is 4.55. The molecule has 0 saturated carbocycles. The van der Waals surface area contributed by atoms with Crippen molar-refractivity contribution in [2.24, 2.45) is 0 Å². The van der Waals surface area contributed by atoms with Gasteiger partial charge in [0.2, 0.25) is 0 Å². The maximum Gasteiger partial charge on any atom is 0.152 e. The van der Waals surface area contributed by atoms with E-state index in [9.17, 15) is 5.26 Å². The molecule has 3 aromatic rings. The highest BCUT2D eigenvalue weighted by molar-refractivity contribution is 6.30. The van der Waals surface area contributed by atoms with Gasteiger partial charge in [-0.2, -0.15) is 5.26 Å². The lowest BCUT2D eigenvalue weighted by Crippen LogP contribution is -1.89. The summed E-state index contributed by atoms with van der Waals surface area (Å²) >= 11 is 5.99. The Morgan fingerprint density at radius 3 is 2.65 bits per heavy atom. The maximum atomic E-state index is 9.43. The van der Waals surface area contributed by atoms with Gasteiger partial charge >= 0.3 is 0 Å². The van der Waals surface area contributed by atoms with E-state index >= 15 is 0 Å². The first kappa shape index (κ1) is 12.7. The predicted molar refractivity (Wildman–Crippen MR) is 79.8 cm³/mol. The van der Waals surface area contributed by atoms with E-state index in [1.165, 1.54) is 11.1 Å². The molecule has 0 radical (unpaired) electrons. The van der Waals surface area contributed by atoms with E-state index in [1.54, 1.807) is 16.7 Å². The van der Waals surface area contributed by atoms with Gasteiger partial charge in [0, 0.05) is 11.8 Å². The zero-order valence-electron chi connectivity index (χ0n) is 11.2. The van der Waals surface area contributed by atoms with Gasteiger partial charge in [-0.3, -0.25) is 4.40 Å².